The predicted molar refractivity (Wildman–Crippen MR) is 113 cm³/mol. The second-order valence-corrected chi connectivity index (χ2v) is 9.27. The van der Waals surface area contributed by atoms with Crippen LogP contribution in [0.25, 0.3) is 0 Å². The molecule has 0 radical (unpaired) electrons. The van der Waals surface area contributed by atoms with Crippen LogP contribution in [-0.4, -0.2) is 71.1 Å². The first-order valence-electron chi connectivity index (χ1n) is 10.2. The second-order valence-electron chi connectivity index (χ2n) is 7.14. The molecule has 1 aromatic heterocycles. The van der Waals surface area contributed by atoms with Gasteiger partial charge >= 0.3 is 11.8 Å². The van der Waals surface area contributed by atoms with Gasteiger partial charge in [-0.25, -0.2) is 8.42 Å². The number of ether oxygens (including phenoxy) is 1. The summed E-state index contributed by atoms with van der Waals surface area (Å²) < 4.78 is 36.7. The zero-order valence-corrected chi connectivity index (χ0v) is 18.0. The van der Waals surface area contributed by atoms with E-state index < -0.39 is 26.9 Å². The molecule has 31 heavy (non-hydrogen) atoms. The molecule has 2 heterocycles. The molecule has 2 N–H and O–H groups in total. The minimum Gasteiger partial charge on any atom is -0.468 e. The third-order valence-corrected chi connectivity index (χ3v) is 7.08. The van der Waals surface area contributed by atoms with Crippen molar-refractivity contribution in [3.63, 3.8) is 0 Å². The number of benzene rings is 1. The van der Waals surface area contributed by atoms with E-state index in [2.05, 4.69) is 15.5 Å². The van der Waals surface area contributed by atoms with E-state index in [1.54, 1.807) is 24.3 Å². The molecule has 1 fully saturated rings. The van der Waals surface area contributed by atoms with Crippen LogP contribution in [0.3, 0.4) is 0 Å². The summed E-state index contributed by atoms with van der Waals surface area (Å²) >= 11 is 0. The van der Waals surface area contributed by atoms with Gasteiger partial charge in [-0.1, -0.05) is 18.2 Å². The second kappa shape index (κ2) is 11.1. The number of sulfone groups is 1. The van der Waals surface area contributed by atoms with Crippen LogP contribution in [0.4, 0.5) is 0 Å². The van der Waals surface area contributed by atoms with Crippen LogP contribution in [0, 0.1) is 0 Å². The van der Waals surface area contributed by atoms with Crippen molar-refractivity contribution in [3.05, 3.63) is 54.5 Å². The highest BCUT2D eigenvalue weighted by Crippen LogP contribution is 2.28. The van der Waals surface area contributed by atoms with Gasteiger partial charge in [-0.2, -0.15) is 0 Å². The molecule has 168 valence electrons. The van der Waals surface area contributed by atoms with Gasteiger partial charge in [0, 0.05) is 26.2 Å². The van der Waals surface area contributed by atoms with Gasteiger partial charge < -0.3 is 19.8 Å². The molecule has 0 bridgehead atoms. The Labute approximate surface area is 181 Å². The average molecular weight is 450 g/mol. The molecule has 3 rings (SSSR count). The third kappa shape index (κ3) is 6.39. The molecule has 1 saturated heterocycles. The zero-order valence-electron chi connectivity index (χ0n) is 17.2. The minimum absolute atomic E-state index is 0.109. The Morgan fingerprint density at radius 2 is 1.71 bits per heavy atom. The molecule has 1 atom stereocenters. The summed E-state index contributed by atoms with van der Waals surface area (Å²) in [7, 11) is -3.83. The van der Waals surface area contributed by atoms with Gasteiger partial charge in [0.05, 0.1) is 24.4 Å². The maximum atomic E-state index is 13.0. The van der Waals surface area contributed by atoms with Crippen molar-refractivity contribution in [1.82, 2.24) is 15.5 Å². The Morgan fingerprint density at radius 1 is 1.00 bits per heavy atom. The van der Waals surface area contributed by atoms with E-state index in [4.69, 9.17) is 9.15 Å². The summed E-state index contributed by atoms with van der Waals surface area (Å²) in [5, 5.41) is 3.84. The van der Waals surface area contributed by atoms with Gasteiger partial charge in [0.25, 0.3) is 0 Å². The highest BCUT2D eigenvalue weighted by atomic mass is 32.2. The van der Waals surface area contributed by atoms with E-state index in [0.29, 0.717) is 26.2 Å². The number of hydrogen-bond donors (Lipinski definition) is 2. The van der Waals surface area contributed by atoms with Gasteiger partial charge in [-0.05, 0) is 37.2 Å². The van der Waals surface area contributed by atoms with Gasteiger partial charge in [-0.3, -0.25) is 14.5 Å². The van der Waals surface area contributed by atoms with Crippen LogP contribution in [0.1, 0.15) is 17.4 Å². The zero-order chi connectivity index (χ0) is 22.1. The standard InChI is InChI=1S/C21H27N3O6S/c25-20(22-9-5-10-24-11-14-29-15-12-24)21(26)23-16-19(18-8-4-13-30-18)31(27,28)17-6-2-1-3-7-17/h1-4,6-8,13,19H,5,9-12,14-16H2,(H,22,25)(H,23,26). The molecule has 10 heteroatoms. The Kier molecular flexibility index (Phi) is 8.21. The Hall–Kier alpha value is -2.69. The molecule has 2 amide bonds. The van der Waals surface area contributed by atoms with Crippen molar-refractivity contribution in [3.8, 4) is 0 Å². The Balaban J connectivity index is 1.52. The number of rotatable bonds is 9. The molecule has 0 spiro atoms. The highest BCUT2D eigenvalue weighted by Gasteiger charge is 2.32. The van der Waals surface area contributed by atoms with Crippen molar-refractivity contribution in [2.45, 2.75) is 16.6 Å². The topological polar surface area (TPSA) is 118 Å². The summed E-state index contributed by atoms with van der Waals surface area (Å²) in [5.41, 5.74) is 0. The van der Waals surface area contributed by atoms with Crippen LogP contribution < -0.4 is 10.6 Å². The molecule has 1 unspecified atom stereocenters. The first kappa shape index (κ1) is 23.0. The van der Waals surface area contributed by atoms with Gasteiger partial charge in [0.15, 0.2) is 9.84 Å². The van der Waals surface area contributed by atoms with Crippen LogP contribution >= 0.6 is 0 Å². The Morgan fingerprint density at radius 3 is 2.39 bits per heavy atom. The number of hydrogen-bond acceptors (Lipinski definition) is 7. The number of morpholine rings is 1. The fourth-order valence-corrected chi connectivity index (χ4v) is 4.90. The number of nitrogens with zero attached hydrogens (tertiary/aromatic N) is 1. The smallest absolute Gasteiger partial charge is 0.309 e. The van der Waals surface area contributed by atoms with Crippen LogP contribution in [-0.2, 0) is 24.2 Å². The van der Waals surface area contributed by atoms with E-state index in [-0.39, 0.29) is 17.2 Å². The molecular weight excluding hydrogens is 422 g/mol. The van der Waals surface area contributed by atoms with E-state index in [0.717, 1.165) is 19.6 Å². The number of nitrogens with one attached hydrogen (secondary N) is 2. The number of amides is 2. The molecule has 1 aliphatic heterocycles. The first-order chi connectivity index (χ1) is 15.0. The quantitative estimate of drug-likeness (QED) is 0.428. The lowest BCUT2D eigenvalue weighted by molar-refractivity contribution is -0.139. The molecule has 9 nitrogen and oxygen atoms in total. The SMILES string of the molecule is O=C(NCCCN1CCOCC1)C(=O)NCC(c1ccco1)S(=O)(=O)c1ccccc1. The normalized spacial score (nSPS) is 15.9. The maximum Gasteiger partial charge on any atom is 0.309 e. The number of carbonyl (C=O) groups excluding carboxylic acids is 2. The van der Waals surface area contributed by atoms with E-state index in [1.807, 2.05) is 0 Å². The fraction of sp³-hybridized carbons (Fsp3) is 0.429. The summed E-state index contributed by atoms with van der Waals surface area (Å²) in [4.78, 5) is 26.6. The number of carbonyl (C=O) groups is 2. The molecule has 0 aliphatic carbocycles. The summed E-state index contributed by atoms with van der Waals surface area (Å²) in [6.07, 6.45) is 2.07. The van der Waals surface area contributed by atoms with Gasteiger partial charge in [0.2, 0.25) is 0 Å². The van der Waals surface area contributed by atoms with Crippen molar-refractivity contribution >= 4 is 21.7 Å². The summed E-state index contributed by atoms with van der Waals surface area (Å²) in [5.74, 6) is -1.49. The van der Waals surface area contributed by atoms with E-state index >= 15 is 0 Å². The molecular formula is C21H27N3O6S. The summed E-state index contributed by atoms with van der Waals surface area (Å²) in [6, 6.07) is 11.0. The van der Waals surface area contributed by atoms with Crippen molar-refractivity contribution in [2.75, 3.05) is 45.9 Å². The minimum atomic E-state index is -3.83. The molecule has 2 aromatic rings. The van der Waals surface area contributed by atoms with Gasteiger partial charge in [-0.15, -0.1) is 0 Å². The van der Waals surface area contributed by atoms with Crippen molar-refractivity contribution < 1.29 is 27.2 Å². The Bertz CT molecular complexity index is 941. The van der Waals surface area contributed by atoms with E-state index in [1.165, 1.54) is 24.5 Å². The van der Waals surface area contributed by atoms with Crippen LogP contribution in [0.5, 0.6) is 0 Å². The predicted octanol–water partition coefficient (Wildman–Crippen LogP) is 0.749. The lowest BCUT2D eigenvalue weighted by Crippen LogP contribution is -2.43. The average Bonchev–Trinajstić information content (AvgIpc) is 3.32. The van der Waals surface area contributed by atoms with Crippen LogP contribution in [0.2, 0.25) is 0 Å². The van der Waals surface area contributed by atoms with E-state index in [9.17, 15) is 18.0 Å². The third-order valence-electron chi connectivity index (χ3n) is 5.00. The monoisotopic (exact) mass is 449 g/mol. The lowest BCUT2D eigenvalue weighted by atomic mass is 10.3. The maximum absolute atomic E-state index is 13.0. The van der Waals surface area contributed by atoms with Crippen molar-refractivity contribution in [2.24, 2.45) is 0 Å². The molecule has 1 aromatic carbocycles. The first-order valence-corrected chi connectivity index (χ1v) is 11.7. The van der Waals surface area contributed by atoms with Crippen molar-refractivity contribution in [1.29, 1.82) is 0 Å². The molecule has 1 aliphatic rings. The summed E-state index contributed by atoms with van der Waals surface area (Å²) in [6.45, 7) is 4.01. The lowest BCUT2D eigenvalue weighted by Gasteiger charge is -2.26. The molecule has 0 saturated carbocycles. The number of furan rings is 1. The largest absolute Gasteiger partial charge is 0.468 e. The van der Waals surface area contributed by atoms with Crippen LogP contribution in [0.15, 0.2) is 58.0 Å². The fourth-order valence-electron chi connectivity index (χ4n) is 3.29. The highest BCUT2D eigenvalue weighted by molar-refractivity contribution is 7.91. The van der Waals surface area contributed by atoms with Gasteiger partial charge in [0.1, 0.15) is 11.0 Å².